The Morgan fingerprint density at radius 3 is 2.42 bits per heavy atom. The van der Waals surface area contributed by atoms with Gasteiger partial charge in [-0.15, -0.1) is 0 Å². The number of carbonyl (C=O) groups excluding carboxylic acids is 2. The SMILES string of the molecule is CC1Cc2ccccc2N1C(=O)C1(C(=O)N(C)Cc2ccccc2)CC1. The highest BCUT2D eigenvalue weighted by molar-refractivity contribution is 6.14. The van der Waals surface area contributed by atoms with Crippen LogP contribution in [0, 0.1) is 5.41 Å². The van der Waals surface area contributed by atoms with Gasteiger partial charge >= 0.3 is 0 Å². The summed E-state index contributed by atoms with van der Waals surface area (Å²) in [7, 11) is 1.80. The molecule has 1 unspecified atom stereocenters. The molecule has 1 heterocycles. The minimum Gasteiger partial charge on any atom is -0.340 e. The van der Waals surface area contributed by atoms with Crippen molar-refractivity contribution in [3.05, 3.63) is 65.7 Å². The minimum atomic E-state index is -0.866. The zero-order valence-corrected chi connectivity index (χ0v) is 15.3. The highest BCUT2D eigenvalue weighted by Crippen LogP contribution is 2.51. The van der Waals surface area contributed by atoms with Crippen LogP contribution in [0.2, 0.25) is 0 Å². The summed E-state index contributed by atoms with van der Waals surface area (Å²) in [6, 6.07) is 18.0. The summed E-state index contributed by atoms with van der Waals surface area (Å²) < 4.78 is 0. The molecule has 1 aliphatic carbocycles. The van der Waals surface area contributed by atoms with Crippen LogP contribution in [0.25, 0.3) is 0 Å². The predicted molar refractivity (Wildman–Crippen MR) is 102 cm³/mol. The normalized spacial score (nSPS) is 19.8. The van der Waals surface area contributed by atoms with Crippen LogP contribution in [-0.2, 0) is 22.6 Å². The molecule has 2 aromatic rings. The van der Waals surface area contributed by atoms with E-state index in [0.29, 0.717) is 19.4 Å². The van der Waals surface area contributed by atoms with Gasteiger partial charge in [-0.25, -0.2) is 0 Å². The second kappa shape index (κ2) is 6.27. The fraction of sp³-hybridized carbons (Fsp3) is 0.364. The predicted octanol–water partition coefficient (Wildman–Crippen LogP) is 3.40. The van der Waals surface area contributed by atoms with Crippen LogP contribution in [0.4, 0.5) is 5.69 Å². The third kappa shape index (κ3) is 2.70. The maximum atomic E-state index is 13.4. The second-order valence-electron chi connectivity index (χ2n) is 7.59. The fourth-order valence-electron chi connectivity index (χ4n) is 4.04. The fourth-order valence-corrected chi connectivity index (χ4v) is 4.04. The largest absolute Gasteiger partial charge is 0.340 e. The summed E-state index contributed by atoms with van der Waals surface area (Å²) in [4.78, 5) is 30.1. The van der Waals surface area contributed by atoms with E-state index in [1.807, 2.05) is 53.4 Å². The first kappa shape index (κ1) is 16.8. The number of benzene rings is 2. The Morgan fingerprint density at radius 2 is 1.73 bits per heavy atom. The van der Waals surface area contributed by atoms with Gasteiger partial charge in [0.05, 0.1) is 0 Å². The number of amides is 2. The number of rotatable bonds is 4. The van der Waals surface area contributed by atoms with Gasteiger partial charge in [0.2, 0.25) is 11.8 Å². The van der Waals surface area contributed by atoms with E-state index in [-0.39, 0.29) is 17.9 Å². The first-order valence-electron chi connectivity index (χ1n) is 9.24. The standard InChI is InChI=1S/C22H24N2O2/c1-16-14-18-10-6-7-11-19(18)24(16)21(26)22(12-13-22)20(25)23(2)15-17-8-4-3-5-9-17/h3-11,16H,12-15H2,1-2H3. The highest BCUT2D eigenvalue weighted by Gasteiger charge is 2.60. The van der Waals surface area contributed by atoms with Gasteiger partial charge in [0.1, 0.15) is 5.41 Å². The van der Waals surface area contributed by atoms with Crippen molar-refractivity contribution < 1.29 is 9.59 Å². The molecule has 4 heteroatoms. The molecule has 2 aromatic carbocycles. The Kier molecular flexibility index (Phi) is 4.06. The van der Waals surface area contributed by atoms with E-state index in [9.17, 15) is 9.59 Å². The molecular formula is C22H24N2O2. The van der Waals surface area contributed by atoms with E-state index in [4.69, 9.17) is 0 Å². The lowest BCUT2D eigenvalue weighted by molar-refractivity contribution is -0.142. The Balaban J connectivity index is 1.55. The lowest BCUT2D eigenvalue weighted by atomic mass is 10.0. The van der Waals surface area contributed by atoms with E-state index in [1.54, 1.807) is 11.9 Å². The third-order valence-corrected chi connectivity index (χ3v) is 5.60. The van der Waals surface area contributed by atoms with Crippen molar-refractivity contribution in [3.8, 4) is 0 Å². The first-order chi connectivity index (χ1) is 12.5. The number of hydrogen-bond donors (Lipinski definition) is 0. The van der Waals surface area contributed by atoms with Crippen LogP contribution in [0.3, 0.4) is 0 Å². The summed E-state index contributed by atoms with van der Waals surface area (Å²) in [5.41, 5.74) is 2.37. The van der Waals surface area contributed by atoms with E-state index in [2.05, 4.69) is 13.0 Å². The zero-order valence-electron chi connectivity index (χ0n) is 15.3. The van der Waals surface area contributed by atoms with Crippen LogP contribution >= 0.6 is 0 Å². The summed E-state index contributed by atoms with van der Waals surface area (Å²) >= 11 is 0. The van der Waals surface area contributed by atoms with E-state index in [1.165, 1.54) is 5.56 Å². The average Bonchev–Trinajstić information content (AvgIpc) is 3.39. The van der Waals surface area contributed by atoms with Crippen molar-refractivity contribution in [1.82, 2.24) is 4.90 Å². The molecule has 134 valence electrons. The van der Waals surface area contributed by atoms with Crippen molar-refractivity contribution >= 4 is 17.5 Å². The maximum absolute atomic E-state index is 13.4. The highest BCUT2D eigenvalue weighted by atomic mass is 16.2. The Labute approximate surface area is 154 Å². The quantitative estimate of drug-likeness (QED) is 0.795. The molecule has 4 nitrogen and oxygen atoms in total. The minimum absolute atomic E-state index is 0.0279. The first-order valence-corrected chi connectivity index (χ1v) is 9.24. The molecule has 0 N–H and O–H groups in total. The second-order valence-corrected chi connectivity index (χ2v) is 7.59. The van der Waals surface area contributed by atoms with Crippen molar-refractivity contribution in [2.45, 2.75) is 38.8 Å². The smallest absolute Gasteiger partial charge is 0.242 e. The molecule has 1 fully saturated rings. The van der Waals surface area contributed by atoms with Crippen LogP contribution in [0.5, 0.6) is 0 Å². The number of hydrogen-bond acceptors (Lipinski definition) is 2. The average molecular weight is 348 g/mol. The molecule has 1 atom stereocenters. The van der Waals surface area contributed by atoms with Crippen LogP contribution in [-0.4, -0.2) is 29.8 Å². The van der Waals surface area contributed by atoms with Crippen LogP contribution in [0.1, 0.15) is 30.9 Å². The van der Waals surface area contributed by atoms with Crippen molar-refractivity contribution in [1.29, 1.82) is 0 Å². The maximum Gasteiger partial charge on any atom is 0.242 e. The lowest BCUT2D eigenvalue weighted by Crippen LogP contribution is -2.47. The van der Waals surface area contributed by atoms with Gasteiger partial charge in [0, 0.05) is 25.3 Å². The van der Waals surface area contributed by atoms with Gasteiger partial charge in [0.15, 0.2) is 0 Å². The van der Waals surface area contributed by atoms with Gasteiger partial charge in [-0.1, -0.05) is 48.5 Å². The zero-order chi connectivity index (χ0) is 18.3. The van der Waals surface area contributed by atoms with E-state index >= 15 is 0 Å². The van der Waals surface area contributed by atoms with Gasteiger partial charge < -0.3 is 9.80 Å². The molecule has 0 spiro atoms. The van der Waals surface area contributed by atoms with Gasteiger partial charge in [-0.3, -0.25) is 9.59 Å². The number of nitrogens with zero attached hydrogens (tertiary/aromatic N) is 2. The molecule has 0 radical (unpaired) electrons. The number of anilines is 1. The third-order valence-electron chi connectivity index (χ3n) is 5.60. The molecule has 1 aliphatic heterocycles. The monoisotopic (exact) mass is 348 g/mol. The van der Waals surface area contributed by atoms with Gasteiger partial charge in [-0.05, 0) is 43.4 Å². The molecule has 2 aliphatic rings. The summed E-state index contributed by atoms with van der Waals surface area (Å²) in [6.07, 6.45) is 2.15. The van der Waals surface area contributed by atoms with E-state index < -0.39 is 5.41 Å². The molecule has 0 bridgehead atoms. The molecule has 2 amide bonds. The van der Waals surface area contributed by atoms with Gasteiger partial charge in [0.25, 0.3) is 0 Å². The summed E-state index contributed by atoms with van der Waals surface area (Å²) in [6.45, 7) is 2.59. The number of para-hydroxylation sites is 1. The topological polar surface area (TPSA) is 40.6 Å². The van der Waals surface area contributed by atoms with Crippen LogP contribution in [0.15, 0.2) is 54.6 Å². The van der Waals surface area contributed by atoms with Crippen molar-refractivity contribution in [2.24, 2.45) is 5.41 Å². The van der Waals surface area contributed by atoms with Gasteiger partial charge in [-0.2, -0.15) is 0 Å². The van der Waals surface area contributed by atoms with E-state index in [0.717, 1.165) is 17.7 Å². The Hall–Kier alpha value is -2.62. The number of fused-ring (bicyclic) bond motifs is 1. The molecule has 0 saturated heterocycles. The number of carbonyl (C=O) groups is 2. The van der Waals surface area contributed by atoms with Crippen molar-refractivity contribution in [3.63, 3.8) is 0 Å². The molecule has 1 saturated carbocycles. The molecule has 26 heavy (non-hydrogen) atoms. The van der Waals surface area contributed by atoms with Crippen LogP contribution < -0.4 is 4.90 Å². The lowest BCUT2D eigenvalue weighted by Gasteiger charge is -2.29. The summed E-state index contributed by atoms with van der Waals surface area (Å²) in [5.74, 6) is -0.0807. The molecule has 0 aromatic heterocycles. The Morgan fingerprint density at radius 1 is 1.08 bits per heavy atom. The Bertz CT molecular complexity index is 842. The molecule has 4 rings (SSSR count). The summed E-state index contributed by atoms with van der Waals surface area (Å²) in [5, 5.41) is 0. The van der Waals surface area contributed by atoms with Crippen molar-refractivity contribution in [2.75, 3.05) is 11.9 Å². The molecular weight excluding hydrogens is 324 g/mol.